The Labute approximate surface area is 186 Å². The fourth-order valence-corrected chi connectivity index (χ4v) is 4.14. The largest absolute Gasteiger partial charge is 0.369 e. The molecule has 1 unspecified atom stereocenters. The van der Waals surface area contributed by atoms with E-state index in [1.165, 1.54) is 16.7 Å². The van der Waals surface area contributed by atoms with Gasteiger partial charge in [-0.25, -0.2) is 0 Å². The second-order valence-corrected chi connectivity index (χ2v) is 8.97. The van der Waals surface area contributed by atoms with Gasteiger partial charge < -0.3 is 11.1 Å². The van der Waals surface area contributed by atoms with Crippen LogP contribution in [0.5, 0.6) is 0 Å². The number of primary amides is 1. The maximum Gasteiger partial charge on any atom is 0.221 e. The van der Waals surface area contributed by atoms with Crippen molar-refractivity contribution < 1.29 is 9.59 Å². The zero-order valence-electron chi connectivity index (χ0n) is 18.8. The summed E-state index contributed by atoms with van der Waals surface area (Å²) in [5.41, 5.74) is 10.3. The number of benzene rings is 2. The summed E-state index contributed by atoms with van der Waals surface area (Å²) in [7, 11) is 0. The monoisotopic (exact) mass is 421 g/mol. The molecule has 1 fully saturated rings. The van der Waals surface area contributed by atoms with Gasteiger partial charge in [-0.05, 0) is 54.0 Å². The lowest BCUT2D eigenvalue weighted by atomic mass is 9.97. The van der Waals surface area contributed by atoms with E-state index in [1.807, 2.05) is 12.1 Å². The number of amides is 2. The lowest BCUT2D eigenvalue weighted by Crippen LogP contribution is -2.40. The van der Waals surface area contributed by atoms with E-state index in [0.717, 1.165) is 44.5 Å². The number of hydrogen-bond donors (Lipinski definition) is 2. The second-order valence-electron chi connectivity index (χ2n) is 8.97. The van der Waals surface area contributed by atoms with Gasteiger partial charge >= 0.3 is 0 Å². The van der Waals surface area contributed by atoms with Crippen LogP contribution >= 0.6 is 0 Å². The average Bonchev–Trinajstić information content (AvgIpc) is 2.77. The number of nitrogens with zero attached hydrogens (tertiary/aromatic N) is 1. The van der Waals surface area contributed by atoms with Crippen LogP contribution in [0.2, 0.25) is 0 Å². The van der Waals surface area contributed by atoms with Crippen LogP contribution in [0.4, 0.5) is 0 Å². The van der Waals surface area contributed by atoms with E-state index < -0.39 is 0 Å². The van der Waals surface area contributed by atoms with E-state index in [1.54, 1.807) is 0 Å². The van der Waals surface area contributed by atoms with Crippen molar-refractivity contribution in [1.29, 1.82) is 0 Å². The molecule has 0 saturated carbocycles. The molecule has 0 bridgehead atoms. The van der Waals surface area contributed by atoms with Gasteiger partial charge in [0.25, 0.3) is 0 Å². The van der Waals surface area contributed by atoms with Crippen molar-refractivity contribution in [2.75, 3.05) is 13.1 Å². The highest BCUT2D eigenvalue weighted by Gasteiger charge is 2.23. The van der Waals surface area contributed by atoms with E-state index in [2.05, 4.69) is 60.5 Å². The summed E-state index contributed by atoms with van der Waals surface area (Å²) in [6.45, 7) is 7.42. The molecule has 5 nitrogen and oxygen atoms in total. The SMILES string of the molecule is CC(C)c1ccc(CCC(=O)NCc2cccc(CN3CCCC(C(N)=O)C3)c2)cc1. The second kappa shape index (κ2) is 11.1. The molecule has 0 aromatic heterocycles. The molecule has 0 aliphatic carbocycles. The highest BCUT2D eigenvalue weighted by Crippen LogP contribution is 2.19. The van der Waals surface area contributed by atoms with Crippen LogP contribution in [-0.4, -0.2) is 29.8 Å². The Morgan fingerprint density at radius 2 is 1.84 bits per heavy atom. The fraction of sp³-hybridized carbons (Fsp3) is 0.462. The van der Waals surface area contributed by atoms with Gasteiger partial charge in [0, 0.05) is 26.1 Å². The summed E-state index contributed by atoms with van der Waals surface area (Å²) >= 11 is 0. The van der Waals surface area contributed by atoms with E-state index in [-0.39, 0.29) is 17.7 Å². The summed E-state index contributed by atoms with van der Waals surface area (Å²) < 4.78 is 0. The summed E-state index contributed by atoms with van der Waals surface area (Å²) in [6.07, 6.45) is 3.13. The van der Waals surface area contributed by atoms with Gasteiger partial charge in [-0.3, -0.25) is 14.5 Å². The smallest absolute Gasteiger partial charge is 0.221 e. The Balaban J connectivity index is 1.45. The van der Waals surface area contributed by atoms with Crippen LogP contribution in [0.3, 0.4) is 0 Å². The van der Waals surface area contributed by atoms with Gasteiger partial charge in [0.2, 0.25) is 11.8 Å². The number of likely N-dealkylation sites (tertiary alicyclic amines) is 1. The first kappa shape index (κ1) is 23.0. The zero-order valence-corrected chi connectivity index (χ0v) is 18.8. The first-order chi connectivity index (χ1) is 14.9. The van der Waals surface area contributed by atoms with Gasteiger partial charge in [0.05, 0.1) is 5.92 Å². The summed E-state index contributed by atoms with van der Waals surface area (Å²) in [6, 6.07) is 16.8. The third-order valence-electron chi connectivity index (χ3n) is 6.08. The third kappa shape index (κ3) is 7.21. The van der Waals surface area contributed by atoms with Crippen molar-refractivity contribution in [3.8, 4) is 0 Å². The molecule has 3 N–H and O–H groups in total. The van der Waals surface area contributed by atoms with Gasteiger partial charge in [-0.15, -0.1) is 0 Å². The Morgan fingerprint density at radius 1 is 1.10 bits per heavy atom. The molecule has 0 radical (unpaired) electrons. The maximum atomic E-state index is 12.3. The van der Waals surface area contributed by atoms with E-state index in [9.17, 15) is 9.59 Å². The van der Waals surface area contributed by atoms with Gasteiger partial charge in [0.1, 0.15) is 0 Å². The van der Waals surface area contributed by atoms with Crippen molar-refractivity contribution in [3.05, 3.63) is 70.8 Å². The molecule has 2 aromatic rings. The number of nitrogens with one attached hydrogen (secondary N) is 1. The van der Waals surface area contributed by atoms with Crippen LogP contribution in [0.1, 0.15) is 61.3 Å². The van der Waals surface area contributed by atoms with Crippen LogP contribution in [0.15, 0.2) is 48.5 Å². The average molecular weight is 422 g/mol. The normalized spacial score (nSPS) is 16.9. The predicted molar refractivity (Wildman–Crippen MR) is 124 cm³/mol. The molecule has 1 aliphatic heterocycles. The molecule has 2 amide bonds. The van der Waals surface area contributed by atoms with Gasteiger partial charge in [-0.1, -0.05) is 62.4 Å². The van der Waals surface area contributed by atoms with Crippen LogP contribution in [-0.2, 0) is 29.1 Å². The molecular formula is C26H35N3O2. The Hall–Kier alpha value is -2.66. The zero-order chi connectivity index (χ0) is 22.2. The van der Waals surface area contributed by atoms with Crippen LogP contribution in [0.25, 0.3) is 0 Å². The minimum atomic E-state index is -0.197. The number of piperidine rings is 1. The summed E-state index contributed by atoms with van der Waals surface area (Å²) in [4.78, 5) is 26.1. The minimum Gasteiger partial charge on any atom is -0.369 e. The molecule has 5 heteroatoms. The fourth-order valence-electron chi connectivity index (χ4n) is 4.14. The Morgan fingerprint density at radius 3 is 2.55 bits per heavy atom. The van der Waals surface area contributed by atoms with Crippen molar-refractivity contribution in [1.82, 2.24) is 10.2 Å². The van der Waals surface area contributed by atoms with Crippen molar-refractivity contribution in [2.45, 2.75) is 58.5 Å². The quantitative estimate of drug-likeness (QED) is 0.647. The Bertz CT molecular complexity index is 876. The van der Waals surface area contributed by atoms with Crippen molar-refractivity contribution >= 4 is 11.8 Å². The lowest BCUT2D eigenvalue weighted by Gasteiger charge is -2.31. The number of carbonyl (C=O) groups is 2. The number of rotatable bonds is 9. The molecular weight excluding hydrogens is 386 g/mol. The molecule has 1 aliphatic rings. The standard InChI is InChI=1S/C26H35N3O2/c1-19(2)23-11-8-20(9-12-23)10-13-25(30)28-16-21-5-3-6-22(15-21)17-29-14-4-7-24(18-29)26(27)31/h3,5-6,8-9,11-12,15,19,24H,4,7,10,13-14,16-18H2,1-2H3,(H2,27,31)(H,28,30). The number of nitrogens with two attached hydrogens (primary N) is 1. The molecule has 3 rings (SSSR count). The number of aryl methyl sites for hydroxylation is 1. The van der Waals surface area contributed by atoms with Crippen LogP contribution in [0, 0.1) is 5.92 Å². The molecule has 1 saturated heterocycles. The number of hydrogen-bond acceptors (Lipinski definition) is 3. The first-order valence-electron chi connectivity index (χ1n) is 11.4. The van der Waals surface area contributed by atoms with Crippen LogP contribution < -0.4 is 11.1 Å². The van der Waals surface area contributed by atoms with Crippen molar-refractivity contribution in [3.63, 3.8) is 0 Å². The molecule has 31 heavy (non-hydrogen) atoms. The molecule has 1 atom stereocenters. The summed E-state index contributed by atoms with van der Waals surface area (Å²) in [5, 5.41) is 3.04. The van der Waals surface area contributed by atoms with Gasteiger partial charge in [0.15, 0.2) is 0 Å². The first-order valence-corrected chi connectivity index (χ1v) is 11.4. The Kier molecular flexibility index (Phi) is 8.24. The van der Waals surface area contributed by atoms with Gasteiger partial charge in [-0.2, -0.15) is 0 Å². The lowest BCUT2D eigenvalue weighted by molar-refractivity contribution is -0.123. The van der Waals surface area contributed by atoms with E-state index >= 15 is 0 Å². The van der Waals surface area contributed by atoms with E-state index in [0.29, 0.717) is 18.9 Å². The highest BCUT2D eigenvalue weighted by atomic mass is 16.2. The third-order valence-corrected chi connectivity index (χ3v) is 6.08. The summed E-state index contributed by atoms with van der Waals surface area (Å²) in [5.74, 6) is 0.348. The van der Waals surface area contributed by atoms with Crippen molar-refractivity contribution in [2.24, 2.45) is 11.7 Å². The predicted octanol–water partition coefficient (Wildman–Crippen LogP) is 3.76. The highest BCUT2D eigenvalue weighted by molar-refractivity contribution is 5.77. The molecule has 2 aromatic carbocycles. The van der Waals surface area contributed by atoms with E-state index in [4.69, 9.17) is 5.73 Å². The number of carbonyl (C=O) groups excluding carboxylic acids is 2. The molecule has 166 valence electrons. The molecule has 0 spiro atoms. The minimum absolute atomic E-state index is 0.0437. The maximum absolute atomic E-state index is 12.3. The molecule has 1 heterocycles. The topological polar surface area (TPSA) is 75.4 Å².